The van der Waals surface area contributed by atoms with Crippen molar-refractivity contribution in [1.82, 2.24) is 4.90 Å². The maximum atomic E-state index is 6.08. The quantitative estimate of drug-likeness (QED) is 0.712. The lowest BCUT2D eigenvalue weighted by atomic mass is 9.91. The third-order valence-corrected chi connectivity index (χ3v) is 4.33. The van der Waals surface area contributed by atoms with E-state index >= 15 is 0 Å². The molecule has 1 aliphatic heterocycles. The van der Waals surface area contributed by atoms with E-state index in [2.05, 4.69) is 25.7 Å². The average molecular weight is 256 g/mol. The van der Waals surface area contributed by atoms with Crippen LogP contribution in [0.15, 0.2) is 0 Å². The van der Waals surface area contributed by atoms with Crippen LogP contribution < -0.4 is 5.73 Å². The summed E-state index contributed by atoms with van der Waals surface area (Å²) in [5.41, 5.74) is 6.24. The molecule has 1 fully saturated rings. The summed E-state index contributed by atoms with van der Waals surface area (Å²) in [6, 6.07) is 0. The molecule has 0 bridgehead atoms. The van der Waals surface area contributed by atoms with Crippen molar-refractivity contribution in [2.24, 2.45) is 5.73 Å². The molecule has 0 aliphatic carbocycles. The minimum Gasteiger partial charge on any atom is -0.377 e. The molecule has 2 unspecified atom stereocenters. The molecule has 0 radical (unpaired) electrons. The largest absolute Gasteiger partial charge is 0.377 e. The molecule has 2 N–H and O–H groups in total. The van der Waals surface area contributed by atoms with Gasteiger partial charge in [0.2, 0.25) is 0 Å². The van der Waals surface area contributed by atoms with Crippen molar-refractivity contribution in [3.05, 3.63) is 0 Å². The van der Waals surface area contributed by atoms with E-state index in [4.69, 9.17) is 10.5 Å². The van der Waals surface area contributed by atoms with E-state index in [1.54, 1.807) is 0 Å². The van der Waals surface area contributed by atoms with Crippen LogP contribution in [0.2, 0.25) is 0 Å². The zero-order chi connectivity index (χ0) is 13.4. The molecule has 0 aromatic heterocycles. The smallest absolute Gasteiger partial charge is 0.0699 e. The zero-order valence-electron chi connectivity index (χ0n) is 12.6. The predicted octanol–water partition coefficient (Wildman–Crippen LogP) is 2.79. The molecule has 3 nitrogen and oxygen atoms in total. The average Bonchev–Trinajstić information content (AvgIpc) is 2.64. The number of rotatable bonds is 7. The number of hydrogen-bond donors (Lipinski definition) is 1. The van der Waals surface area contributed by atoms with Gasteiger partial charge < -0.3 is 10.5 Å². The van der Waals surface area contributed by atoms with Gasteiger partial charge >= 0.3 is 0 Å². The van der Waals surface area contributed by atoms with Crippen LogP contribution in [0.5, 0.6) is 0 Å². The van der Waals surface area contributed by atoms with Crippen LogP contribution in [0.25, 0.3) is 0 Å². The van der Waals surface area contributed by atoms with Gasteiger partial charge in [-0.3, -0.25) is 4.90 Å². The third-order valence-electron chi connectivity index (χ3n) is 4.33. The summed E-state index contributed by atoms with van der Waals surface area (Å²) in [7, 11) is 0. The number of ether oxygens (including phenoxy) is 1. The fraction of sp³-hybridized carbons (Fsp3) is 1.00. The van der Waals surface area contributed by atoms with Crippen LogP contribution in [0.4, 0.5) is 0 Å². The van der Waals surface area contributed by atoms with E-state index in [1.807, 2.05) is 0 Å². The van der Waals surface area contributed by atoms with Crippen molar-refractivity contribution in [1.29, 1.82) is 0 Å². The Labute approximate surface area is 113 Å². The Morgan fingerprint density at radius 1 is 1.33 bits per heavy atom. The third kappa shape index (κ3) is 4.52. The molecule has 0 aromatic rings. The fourth-order valence-corrected chi connectivity index (χ4v) is 2.78. The van der Waals surface area contributed by atoms with Crippen molar-refractivity contribution in [2.75, 3.05) is 26.2 Å². The molecule has 3 heteroatoms. The number of hydrogen-bond acceptors (Lipinski definition) is 3. The van der Waals surface area contributed by atoms with Gasteiger partial charge in [0.25, 0.3) is 0 Å². The van der Waals surface area contributed by atoms with Gasteiger partial charge in [-0.15, -0.1) is 0 Å². The maximum Gasteiger partial charge on any atom is 0.0699 e. The first-order chi connectivity index (χ1) is 8.66. The van der Waals surface area contributed by atoms with Crippen LogP contribution in [0.3, 0.4) is 0 Å². The molecule has 2 atom stereocenters. The second kappa shape index (κ2) is 8.13. The first-order valence-corrected chi connectivity index (χ1v) is 7.73. The molecular weight excluding hydrogens is 224 g/mol. The Kier molecular flexibility index (Phi) is 7.20. The summed E-state index contributed by atoms with van der Waals surface area (Å²) in [6.45, 7) is 10.7. The molecule has 0 amide bonds. The van der Waals surface area contributed by atoms with Gasteiger partial charge in [0, 0.05) is 31.8 Å². The Balaban J connectivity index is 2.59. The van der Waals surface area contributed by atoms with E-state index in [-0.39, 0.29) is 5.54 Å². The lowest BCUT2D eigenvalue weighted by molar-refractivity contribution is 0.0273. The highest BCUT2D eigenvalue weighted by Gasteiger charge is 2.32. The number of nitrogens with zero attached hydrogens (tertiary/aromatic N) is 1. The van der Waals surface area contributed by atoms with Gasteiger partial charge in [0.05, 0.1) is 6.10 Å². The standard InChI is InChI=1S/C15H32N2O/c1-4-6-7-9-15(3,13-16)17-10-8-11-18-14(5-2)12-17/h14H,4-13,16H2,1-3H3. The van der Waals surface area contributed by atoms with Crippen molar-refractivity contribution in [2.45, 2.75) is 70.9 Å². The zero-order valence-corrected chi connectivity index (χ0v) is 12.6. The molecule has 1 aliphatic rings. The van der Waals surface area contributed by atoms with Crippen LogP contribution in [-0.4, -0.2) is 42.8 Å². The molecule has 0 saturated carbocycles. The van der Waals surface area contributed by atoms with E-state index in [0.717, 1.165) is 39.1 Å². The van der Waals surface area contributed by atoms with Crippen LogP contribution in [0, 0.1) is 0 Å². The van der Waals surface area contributed by atoms with Gasteiger partial charge in [-0.25, -0.2) is 0 Å². The predicted molar refractivity (Wildman–Crippen MR) is 77.8 cm³/mol. The summed E-state index contributed by atoms with van der Waals surface area (Å²) in [6.07, 6.45) is 7.74. The lowest BCUT2D eigenvalue weighted by Gasteiger charge is -2.41. The number of nitrogens with two attached hydrogens (primary N) is 1. The van der Waals surface area contributed by atoms with Gasteiger partial charge in [-0.2, -0.15) is 0 Å². The van der Waals surface area contributed by atoms with E-state index in [1.165, 1.54) is 25.7 Å². The van der Waals surface area contributed by atoms with E-state index < -0.39 is 0 Å². The van der Waals surface area contributed by atoms with Crippen molar-refractivity contribution >= 4 is 0 Å². The van der Waals surface area contributed by atoms with Crippen LogP contribution in [-0.2, 0) is 4.74 Å². The Morgan fingerprint density at radius 3 is 2.72 bits per heavy atom. The van der Waals surface area contributed by atoms with Gasteiger partial charge in [0.15, 0.2) is 0 Å². The highest BCUT2D eigenvalue weighted by atomic mass is 16.5. The molecule has 1 saturated heterocycles. The van der Waals surface area contributed by atoms with Gasteiger partial charge in [-0.05, 0) is 26.2 Å². The molecule has 0 spiro atoms. The summed E-state index contributed by atoms with van der Waals surface area (Å²) in [5, 5.41) is 0. The maximum absolute atomic E-state index is 6.08. The normalized spacial score (nSPS) is 25.7. The highest BCUT2D eigenvalue weighted by Crippen LogP contribution is 2.24. The summed E-state index contributed by atoms with van der Waals surface area (Å²) in [4.78, 5) is 2.59. The second-order valence-corrected chi connectivity index (χ2v) is 5.86. The highest BCUT2D eigenvalue weighted by molar-refractivity contribution is 4.89. The monoisotopic (exact) mass is 256 g/mol. The summed E-state index contributed by atoms with van der Waals surface area (Å²) >= 11 is 0. The van der Waals surface area contributed by atoms with E-state index in [9.17, 15) is 0 Å². The van der Waals surface area contributed by atoms with Crippen LogP contribution in [0.1, 0.15) is 59.3 Å². The second-order valence-electron chi connectivity index (χ2n) is 5.86. The Morgan fingerprint density at radius 2 is 2.11 bits per heavy atom. The minimum absolute atomic E-state index is 0.163. The minimum atomic E-state index is 0.163. The number of unbranched alkanes of at least 4 members (excludes halogenated alkanes) is 2. The molecular formula is C15H32N2O. The van der Waals surface area contributed by atoms with Gasteiger partial charge in [-0.1, -0.05) is 33.1 Å². The first-order valence-electron chi connectivity index (χ1n) is 7.73. The SMILES string of the molecule is CCCCCC(C)(CN)N1CCCOC(CC)C1. The van der Waals surface area contributed by atoms with Gasteiger partial charge in [0.1, 0.15) is 0 Å². The van der Waals surface area contributed by atoms with Crippen molar-refractivity contribution in [3.8, 4) is 0 Å². The van der Waals surface area contributed by atoms with Crippen LogP contribution >= 0.6 is 0 Å². The lowest BCUT2D eigenvalue weighted by Crippen LogP contribution is -2.53. The van der Waals surface area contributed by atoms with Crippen molar-refractivity contribution < 1.29 is 4.74 Å². The van der Waals surface area contributed by atoms with Crippen molar-refractivity contribution in [3.63, 3.8) is 0 Å². The molecule has 1 rings (SSSR count). The molecule has 18 heavy (non-hydrogen) atoms. The Hall–Kier alpha value is -0.120. The topological polar surface area (TPSA) is 38.5 Å². The summed E-state index contributed by atoms with van der Waals surface area (Å²) in [5.74, 6) is 0. The molecule has 108 valence electrons. The van der Waals surface area contributed by atoms with E-state index in [0.29, 0.717) is 6.10 Å². The Bertz CT molecular complexity index is 223. The fourth-order valence-electron chi connectivity index (χ4n) is 2.78. The molecule has 1 heterocycles. The first kappa shape index (κ1) is 15.9. The molecule has 0 aromatic carbocycles. The summed E-state index contributed by atoms with van der Waals surface area (Å²) < 4.78 is 5.87.